The van der Waals surface area contributed by atoms with Crippen molar-refractivity contribution in [1.29, 1.82) is 0 Å². The van der Waals surface area contributed by atoms with Crippen molar-refractivity contribution in [1.82, 2.24) is 15.1 Å². The third-order valence-electron chi connectivity index (χ3n) is 2.79. The molecule has 0 aliphatic carbocycles. The van der Waals surface area contributed by atoms with E-state index in [0.29, 0.717) is 0 Å². The molecule has 1 N–H and O–H groups in total. The van der Waals surface area contributed by atoms with Crippen LogP contribution < -0.4 is 5.32 Å². The van der Waals surface area contributed by atoms with E-state index in [9.17, 15) is 8.78 Å². The number of rotatable bonds is 2. The van der Waals surface area contributed by atoms with E-state index in [1.54, 1.807) is 4.68 Å². The van der Waals surface area contributed by atoms with E-state index in [1.807, 2.05) is 0 Å². The van der Waals surface area contributed by atoms with Gasteiger partial charge in [-0.2, -0.15) is 5.10 Å². The molecule has 0 saturated carbocycles. The monoisotopic (exact) mass is 215 g/mol. The van der Waals surface area contributed by atoms with Gasteiger partial charge < -0.3 is 5.32 Å². The van der Waals surface area contributed by atoms with Gasteiger partial charge in [0.05, 0.1) is 17.8 Å². The molecule has 0 aromatic carbocycles. The van der Waals surface area contributed by atoms with Crippen molar-refractivity contribution in [3.8, 4) is 0 Å². The van der Waals surface area contributed by atoms with Crippen molar-refractivity contribution in [3.05, 3.63) is 18.0 Å². The Kier molecular flexibility index (Phi) is 2.73. The third-order valence-corrected chi connectivity index (χ3v) is 2.79. The summed E-state index contributed by atoms with van der Waals surface area (Å²) in [5.74, 6) is -2.79. The molecule has 1 fully saturated rings. The molecule has 15 heavy (non-hydrogen) atoms. The van der Waals surface area contributed by atoms with Crippen molar-refractivity contribution in [2.75, 3.05) is 13.1 Å². The molecule has 5 heteroatoms. The fourth-order valence-electron chi connectivity index (χ4n) is 1.84. The quantitative estimate of drug-likeness (QED) is 0.816. The van der Waals surface area contributed by atoms with Gasteiger partial charge in [0.25, 0.3) is 5.92 Å². The van der Waals surface area contributed by atoms with Crippen LogP contribution in [-0.2, 0) is 5.92 Å². The van der Waals surface area contributed by atoms with Gasteiger partial charge in [0.15, 0.2) is 0 Å². The molecule has 84 valence electrons. The first-order valence-electron chi connectivity index (χ1n) is 5.20. The SMILES string of the molecule is CC(F)(F)c1cnn(C2CCNCC2)c1. The van der Waals surface area contributed by atoms with Gasteiger partial charge in [-0.3, -0.25) is 4.68 Å². The van der Waals surface area contributed by atoms with Gasteiger partial charge in [-0.05, 0) is 25.9 Å². The molecule has 0 amide bonds. The highest BCUT2D eigenvalue weighted by atomic mass is 19.3. The minimum Gasteiger partial charge on any atom is -0.317 e. The Hall–Kier alpha value is -0.970. The zero-order valence-electron chi connectivity index (χ0n) is 8.71. The molecule has 1 aromatic heterocycles. The molecule has 0 spiro atoms. The summed E-state index contributed by atoms with van der Waals surface area (Å²) in [6, 6.07) is 0.266. The lowest BCUT2D eigenvalue weighted by atomic mass is 10.1. The topological polar surface area (TPSA) is 29.9 Å². The fraction of sp³-hybridized carbons (Fsp3) is 0.700. The Balaban J connectivity index is 2.12. The number of alkyl halides is 2. The Morgan fingerprint density at radius 2 is 2.13 bits per heavy atom. The van der Waals surface area contributed by atoms with E-state index in [1.165, 1.54) is 12.4 Å². The maximum atomic E-state index is 13.0. The fourth-order valence-corrected chi connectivity index (χ4v) is 1.84. The normalized spacial score (nSPS) is 19.4. The van der Waals surface area contributed by atoms with Crippen molar-refractivity contribution in [3.63, 3.8) is 0 Å². The molecule has 0 atom stereocenters. The van der Waals surface area contributed by atoms with Crippen molar-refractivity contribution >= 4 is 0 Å². The number of aromatic nitrogens is 2. The summed E-state index contributed by atoms with van der Waals surface area (Å²) in [7, 11) is 0. The van der Waals surface area contributed by atoms with Crippen LogP contribution in [0, 0.1) is 0 Å². The average Bonchev–Trinajstić information content (AvgIpc) is 2.67. The maximum absolute atomic E-state index is 13.0. The number of hydrogen-bond acceptors (Lipinski definition) is 2. The van der Waals surface area contributed by atoms with Gasteiger partial charge in [0, 0.05) is 13.1 Å². The van der Waals surface area contributed by atoms with E-state index in [-0.39, 0.29) is 11.6 Å². The van der Waals surface area contributed by atoms with Gasteiger partial charge in [-0.1, -0.05) is 0 Å². The average molecular weight is 215 g/mol. The lowest BCUT2D eigenvalue weighted by molar-refractivity contribution is 0.0173. The number of hydrogen-bond donors (Lipinski definition) is 1. The molecule has 2 rings (SSSR count). The number of nitrogens with one attached hydrogen (secondary N) is 1. The highest BCUT2D eigenvalue weighted by molar-refractivity contribution is 5.10. The molecule has 1 aliphatic rings. The predicted molar refractivity (Wildman–Crippen MR) is 52.9 cm³/mol. The van der Waals surface area contributed by atoms with Crippen LogP contribution in [0.4, 0.5) is 8.78 Å². The third kappa shape index (κ3) is 2.34. The highest BCUT2D eigenvalue weighted by Gasteiger charge is 2.27. The van der Waals surface area contributed by atoms with Crippen LogP contribution in [0.2, 0.25) is 0 Å². The van der Waals surface area contributed by atoms with Gasteiger partial charge in [-0.15, -0.1) is 0 Å². The van der Waals surface area contributed by atoms with Crippen molar-refractivity contribution in [2.24, 2.45) is 0 Å². The van der Waals surface area contributed by atoms with Crippen LogP contribution in [0.3, 0.4) is 0 Å². The zero-order valence-corrected chi connectivity index (χ0v) is 8.71. The molecule has 2 heterocycles. The largest absolute Gasteiger partial charge is 0.317 e. The summed E-state index contributed by atoms with van der Waals surface area (Å²) in [5, 5.41) is 7.25. The standard InChI is InChI=1S/C10H15F2N3/c1-10(11,12)8-6-14-15(7-8)9-2-4-13-5-3-9/h6-7,9,13H,2-5H2,1H3. The van der Waals surface area contributed by atoms with E-state index in [0.717, 1.165) is 32.9 Å². The second kappa shape index (κ2) is 3.89. The van der Waals surface area contributed by atoms with Gasteiger partial charge in [-0.25, -0.2) is 8.78 Å². The zero-order chi connectivity index (χ0) is 10.9. The molecule has 1 saturated heterocycles. The second-order valence-electron chi connectivity index (χ2n) is 4.08. The first-order chi connectivity index (χ1) is 7.07. The van der Waals surface area contributed by atoms with Crippen LogP contribution in [0.25, 0.3) is 0 Å². The first kappa shape index (κ1) is 10.5. The van der Waals surface area contributed by atoms with Crippen LogP contribution in [0.5, 0.6) is 0 Å². The molecule has 0 radical (unpaired) electrons. The van der Waals surface area contributed by atoms with Gasteiger partial charge in [0.2, 0.25) is 0 Å². The molecule has 0 unspecified atom stereocenters. The summed E-state index contributed by atoms with van der Waals surface area (Å²) >= 11 is 0. The smallest absolute Gasteiger partial charge is 0.273 e. The molecule has 1 aliphatic heterocycles. The van der Waals surface area contributed by atoms with E-state index in [4.69, 9.17) is 0 Å². The lowest BCUT2D eigenvalue weighted by Crippen LogP contribution is -2.29. The summed E-state index contributed by atoms with van der Waals surface area (Å²) in [4.78, 5) is 0. The number of nitrogens with zero attached hydrogens (tertiary/aromatic N) is 2. The minimum atomic E-state index is -2.79. The van der Waals surface area contributed by atoms with Crippen LogP contribution in [0.15, 0.2) is 12.4 Å². The minimum absolute atomic E-state index is 0.000956. The Bertz CT molecular complexity index is 324. The summed E-state index contributed by atoms with van der Waals surface area (Å²) in [6.07, 6.45) is 4.64. The van der Waals surface area contributed by atoms with E-state index in [2.05, 4.69) is 10.4 Å². The van der Waals surface area contributed by atoms with Gasteiger partial charge >= 0.3 is 0 Å². The van der Waals surface area contributed by atoms with Crippen molar-refractivity contribution in [2.45, 2.75) is 31.7 Å². The van der Waals surface area contributed by atoms with Crippen LogP contribution in [-0.4, -0.2) is 22.9 Å². The lowest BCUT2D eigenvalue weighted by Gasteiger charge is -2.22. The first-order valence-corrected chi connectivity index (χ1v) is 5.20. The Labute approximate surface area is 87.5 Å². The molecule has 3 nitrogen and oxygen atoms in total. The van der Waals surface area contributed by atoms with Crippen LogP contribution >= 0.6 is 0 Å². The summed E-state index contributed by atoms with van der Waals surface area (Å²) < 4.78 is 27.6. The summed E-state index contributed by atoms with van der Waals surface area (Å²) in [6.45, 7) is 2.77. The predicted octanol–water partition coefficient (Wildman–Crippen LogP) is 1.92. The Morgan fingerprint density at radius 1 is 1.47 bits per heavy atom. The van der Waals surface area contributed by atoms with Gasteiger partial charge in [0.1, 0.15) is 0 Å². The van der Waals surface area contributed by atoms with Crippen molar-refractivity contribution < 1.29 is 8.78 Å². The van der Waals surface area contributed by atoms with Crippen LogP contribution in [0.1, 0.15) is 31.4 Å². The molecular weight excluding hydrogens is 200 g/mol. The highest BCUT2D eigenvalue weighted by Crippen LogP contribution is 2.28. The number of halogens is 2. The van der Waals surface area contributed by atoms with E-state index >= 15 is 0 Å². The van der Waals surface area contributed by atoms with E-state index < -0.39 is 5.92 Å². The second-order valence-corrected chi connectivity index (χ2v) is 4.08. The molecule has 0 bridgehead atoms. The summed E-state index contributed by atoms with van der Waals surface area (Å²) in [5.41, 5.74) is 0.000956. The number of piperidine rings is 1. The molecule has 1 aromatic rings. The Morgan fingerprint density at radius 3 is 2.67 bits per heavy atom. The maximum Gasteiger partial charge on any atom is 0.273 e. The molecular formula is C10H15F2N3.